The number of rotatable bonds is 7. The predicted molar refractivity (Wildman–Crippen MR) is 101 cm³/mol. The summed E-state index contributed by atoms with van der Waals surface area (Å²) < 4.78 is 25.3. The molecule has 1 heterocycles. The van der Waals surface area contributed by atoms with E-state index in [1.807, 2.05) is 0 Å². The molecule has 1 aliphatic rings. The third-order valence-electron chi connectivity index (χ3n) is 4.86. The number of ether oxygens (including phenoxy) is 1. The number of cyclic esters (lactones) is 1. The highest BCUT2D eigenvalue weighted by Gasteiger charge is 2.36. The Kier molecular flexibility index (Phi) is 6.16. The molecule has 9 heteroatoms. The molecule has 0 aliphatic carbocycles. The zero-order chi connectivity index (χ0) is 20.4. The number of amides is 2. The molecule has 1 fully saturated rings. The first kappa shape index (κ1) is 21.2. The van der Waals surface area contributed by atoms with Gasteiger partial charge in [-0.25, -0.2) is 9.18 Å². The summed E-state index contributed by atoms with van der Waals surface area (Å²) >= 11 is 0. The molecule has 2 N–H and O–H groups in total. The molecule has 1 aliphatic heterocycles. The number of halogens is 1. The quantitative estimate of drug-likeness (QED) is 0.685. The van der Waals surface area contributed by atoms with E-state index in [1.165, 1.54) is 17.9 Å². The van der Waals surface area contributed by atoms with Crippen LogP contribution < -0.4 is 15.7 Å². The molecule has 2 amide bonds. The van der Waals surface area contributed by atoms with Crippen molar-refractivity contribution in [3.05, 3.63) is 24.0 Å². The second-order valence-corrected chi connectivity index (χ2v) is 7.69. The van der Waals surface area contributed by atoms with Gasteiger partial charge in [0.25, 0.3) is 0 Å². The Hall–Kier alpha value is -2.13. The van der Waals surface area contributed by atoms with Crippen molar-refractivity contribution in [3.8, 4) is 0 Å². The fourth-order valence-corrected chi connectivity index (χ4v) is 2.35. The lowest BCUT2D eigenvalue weighted by molar-refractivity contribution is -0.119. The highest BCUT2D eigenvalue weighted by Crippen LogP contribution is 2.25. The Bertz CT molecular complexity index is 720. The number of benzene rings is 1. The molecule has 27 heavy (non-hydrogen) atoms. The van der Waals surface area contributed by atoms with Crippen LogP contribution in [-0.2, 0) is 14.2 Å². The Morgan fingerprint density at radius 2 is 2.11 bits per heavy atom. The van der Waals surface area contributed by atoms with Gasteiger partial charge in [-0.2, -0.15) is 0 Å². The molecule has 1 atom stereocenters. The minimum atomic E-state index is -1.09. The predicted octanol–water partition coefficient (Wildman–Crippen LogP) is 0.830. The van der Waals surface area contributed by atoms with Crippen LogP contribution in [0.2, 0.25) is 0 Å². The standard InChI is InChI=1S/C18H26BFN2O5/c1-11(23)21-9-13-10-22(16(24)26-13)12-6-7-14(15(20)8-12)19-27-18(4,5)17(2,3)25/h6-8,13,19,25H,9-10H2,1-5H3,(H,21,23)/t13-/m0/s1. The van der Waals surface area contributed by atoms with Crippen LogP contribution in [0, 0.1) is 5.82 Å². The van der Waals surface area contributed by atoms with Crippen molar-refractivity contribution in [1.29, 1.82) is 0 Å². The van der Waals surface area contributed by atoms with Crippen LogP contribution in [0.3, 0.4) is 0 Å². The fourth-order valence-electron chi connectivity index (χ4n) is 2.35. The summed E-state index contributed by atoms with van der Waals surface area (Å²) in [7, 11) is -0.0152. The third-order valence-corrected chi connectivity index (χ3v) is 4.86. The average molecular weight is 380 g/mol. The Labute approximate surface area is 159 Å². The maximum Gasteiger partial charge on any atom is 0.414 e. The van der Waals surface area contributed by atoms with E-state index in [9.17, 15) is 19.1 Å². The lowest BCUT2D eigenvalue weighted by atomic mass is 9.82. The minimum Gasteiger partial charge on any atom is -0.442 e. The first-order valence-electron chi connectivity index (χ1n) is 8.78. The first-order valence-corrected chi connectivity index (χ1v) is 8.78. The van der Waals surface area contributed by atoms with Crippen molar-refractivity contribution in [3.63, 3.8) is 0 Å². The van der Waals surface area contributed by atoms with E-state index in [0.29, 0.717) is 11.2 Å². The number of hydrogen-bond donors (Lipinski definition) is 2. The van der Waals surface area contributed by atoms with Gasteiger partial charge >= 0.3 is 13.6 Å². The fraction of sp³-hybridized carbons (Fsp3) is 0.556. The Balaban J connectivity index is 2.04. The van der Waals surface area contributed by atoms with Crippen molar-refractivity contribution in [1.82, 2.24) is 5.32 Å². The Morgan fingerprint density at radius 1 is 1.44 bits per heavy atom. The second-order valence-electron chi connectivity index (χ2n) is 7.69. The number of nitrogens with zero attached hydrogens (tertiary/aromatic N) is 1. The van der Waals surface area contributed by atoms with Gasteiger partial charge in [-0.3, -0.25) is 9.69 Å². The smallest absolute Gasteiger partial charge is 0.414 e. The lowest BCUT2D eigenvalue weighted by Crippen LogP contribution is -2.49. The van der Waals surface area contributed by atoms with Crippen LogP contribution in [0.25, 0.3) is 0 Å². The summed E-state index contributed by atoms with van der Waals surface area (Å²) in [5.41, 5.74) is -1.27. The van der Waals surface area contributed by atoms with E-state index < -0.39 is 29.2 Å². The van der Waals surface area contributed by atoms with E-state index in [4.69, 9.17) is 9.39 Å². The molecule has 1 saturated heterocycles. The molecule has 0 saturated carbocycles. The SMILES string of the molecule is CC(=O)NC[C@H]1CN(c2ccc(BOC(C)(C)C(C)(C)O)c(F)c2)C(=O)O1. The van der Waals surface area contributed by atoms with Crippen molar-refractivity contribution in [2.75, 3.05) is 18.0 Å². The van der Waals surface area contributed by atoms with Gasteiger partial charge in [0.05, 0.1) is 30.0 Å². The minimum absolute atomic E-state index is 0.0152. The normalized spacial score (nSPS) is 17.7. The van der Waals surface area contributed by atoms with Crippen LogP contribution in [0.15, 0.2) is 18.2 Å². The van der Waals surface area contributed by atoms with Crippen LogP contribution >= 0.6 is 0 Å². The first-order chi connectivity index (χ1) is 12.4. The summed E-state index contributed by atoms with van der Waals surface area (Å²) in [6, 6.07) is 4.40. The van der Waals surface area contributed by atoms with Crippen LogP contribution in [0.5, 0.6) is 0 Å². The van der Waals surface area contributed by atoms with Gasteiger partial charge in [-0.1, -0.05) is 6.07 Å². The van der Waals surface area contributed by atoms with E-state index in [1.54, 1.807) is 39.8 Å². The van der Waals surface area contributed by atoms with Crippen molar-refractivity contribution in [2.45, 2.75) is 51.9 Å². The molecular weight excluding hydrogens is 354 g/mol. The van der Waals surface area contributed by atoms with Crippen molar-refractivity contribution >= 4 is 30.6 Å². The van der Waals surface area contributed by atoms with E-state index in [2.05, 4.69) is 5.32 Å². The highest BCUT2D eigenvalue weighted by atomic mass is 19.1. The summed E-state index contributed by atoms with van der Waals surface area (Å²) in [4.78, 5) is 24.3. The summed E-state index contributed by atoms with van der Waals surface area (Å²) in [5.74, 6) is -0.731. The molecule has 0 aromatic heterocycles. The van der Waals surface area contributed by atoms with E-state index in [0.717, 1.165) is 0 Å². The van der Waals surface area contributed by atoms with Crippen molar-refractivity contribution in [2.24, 2.45) is 0 Å². The molecule has 1 aromatic carbocycles. The number of anilines is 1. The Morgan fingerprint density at radius 3 is 2.67 bits per heavy atom. The number of aliphatic hydroxyl groups is 1. The molecule has 0 radical (unpaired) electrons. The van der Waals surface area contributed by atoms with Gasteiger partial charge in [0.15, 0.2) is 0 Å². The van der Waals surface area contributed by atoms with Gasteiger partial charge in [-0.05, 0) is 45.3 Å². The van der Waals surface area contributed by atoms with Crippen molar-refractivity contribution < 1.29 is 28.5 Å². The number of nitrogens with one attached hydrogen (secondary N) is 1. The maximum atomic E-state index is 14.5. The topological polar surface area (TPSA) is 88.1 Å². The van der Waals surface area contributed by atoms with E-state index >= 15 is 0 Å². The summed E-state index contributed by atoms with van der Waals surface area (Å²) in [6.45, 7) is 8.52. The number of carbonyl (C=O) groups is 2. The van der Waals surface area contributed by atoms with Crippen LogP contribution in [0.4, 0.5) is 14.9 Å². The second kappa shape index (κ2) is 7.86. The molecule has 0 unspecified atom stereocenters. The molecular formula is C18H26BFN2O5. The van der Waals surface area contributed by atoms with E-state index in [-0.39, 0.29) is 26.5 Å². The monoisotopic (exact) mass is 380 g/mol. The summed E-state index contributed by atoms with van der Waals surface area (Å²) in [5, 5.41) is 12.7. The molecule has 7 nitrogen and oxygen atoms in total. The molecule has 0 spiro atoms. The van der Waals surface area contributed by atoms with Gasteiger partial charge < -0.3 is 19.8 Å². The number of carbonyl (C=O) groups excluding carboxylic acids is 2. The van der Waals surface area contributed by atoms with Gasteiger partial charge in [0.1, 0.15) is 11.9 Å². The van der Waals surface area contributed by atoms with Crippen LogP contribution in [0.1, 0.15) is 34.6 Å². The molecule has 1 aromatic rings. The molecule has 2 rings (SSSR count). The lowest BCUT2D eigenvalue weighted by Gasteiger charge is -2.37. The third kappa shape index (κ3) is 5.20. The largest absolute Gasteiger partial charge is 0.442 e. The maximum absolute atomic E-state index is 14.5. The molecule has 0 bridgehead atoms. The van der Waals surface area contributed by atoms with Gasteiger partial charge in [0, 0.05) is 6.92 Å². The van der Waals surface area contributed by atoms with Gasteiger partial charge in [-0.15, -0.1) is 0 Å². The zero-order valence-corrected chi connectivity index (χ0v) is 16.3. The zero-order valence-electron chi connectivity index (χ0n) is 16.3. The molecule has 148 valence electrons. The average Bonchev–Trinajstić information content (AvgIpc) is 2.91. The van der Waals surface area contributed by atoms with Crippen LogP contribution in [-0.4, -0.2) is 55.0 Å². The number of hydrogen-bond acceptors (Lipinski definition) is 5. The van der Waals surface area contributed by atoms with Gasteiger partial charge in [0.2, 0.25) is 5.91 Å². The highest BCUT2D eigenvalue weighted by molar-refractivity contribution is 6.47. The summed E-state index contributed by atoms with van der Waals surface area (Å²) in [6.07, 6.45) is -1.07.